The van der Waals surface area contributed by atoms with Gasteiger partial charge in [0, 0.05) is 24.4 Å². The number of halogens is 1. The molecule has 1 aromatic carbocycles. The first-order chi connectivity index (χ1) is 13.9. The van der Waals surface area contributed by atoms with Crippen LogP contribution in [0.1, 0.15) is 35.0 Å². The number of fused-ring (bicyclic) bond motifs is 1. The number of aromatic nitrogens is 2. The third-order valence-corrected chi connectivity index (χ3v) is 3.60. The lowest BCUT2D eigenvalue weighted by Gasteiger charge is -2.07. The zero-order valence-corrected chi connectivity index (χ0v) is 16.3. The minimum absolute atomic E-state index is 0.0991. The quantitative estimate of drug-likeness (QED) is 0.559. The zero-order valence-electron chi connectivity index (χ0n) is 16.3. The predicted molar refractivity (Wildman–Crippen MR) is 107 cm³/mol. The Balaban J connectivity index is 0.000000526. The van der Waals surface area contributed by atoms with Crippen molar-refractivity contribution in [3.8, 4) is 5.75 Å². The van der Waals surface area contributed by atoms with Gasteiger partial charge in [-0.15, -0.1) is 0 Å². The number of pyridine rings is 1. The monoisotopic (exact) mass is 404 g/mol. The molecule has 0 bridgehead atoms. The van der Waals surface area contributed by atoms with E-state index in [0.29, 0.717) is 34.7 Å². The van der Waals surface area contributed by atoms with Crippen LogP contribution in [0.5, 0.6) is 5.75 Å². The number of nitrogens with zero attached hydrogens (tertiary/aromatic N) is 2. The largest absolute Gasteiger partial charge is 0.489 e. The number of benzene rings is 1. The van der Waals surface area contributed by atoms with Crippen molar-refractivity contribution in [1.29, 1.82) is 0 Å². The molecule has 5 N–H and O–H groups in total. The maximum atomic E-state index is 13.6. The van der Waals surface area contributed by atoms with Gasteiger partial charge < -0.3 is 21.3 Å². The molecule has 2 heterocycles. The standard InChI is InChI=1S/C16H14FN3O2.C3H8O.CH3NO/c1-10-15(16(18)21)14-8-12(6-7-20(14)19-10)22-9-11-4-2-3-5-13(11)17;1-2-3-4;2-1-3/h2-8H,9H2,1H3,(H2,18,21);4H,2-3H2,1H3;1H,(H2,2,3). The van der Waals surface area contributed by atoms with Gasteiger partial charge in [-0.3, -0.25) is 9.59 Å². The Labute approximate surface area is 167 Å². The number of ether oxygens (including phenoxy) is 1. The summed E-state index contributed by atoms with van der Waals surface area (Å²) in [6.45, 7) is 4.06. The zero-order chi connectivity index (χ0) is 21.8. The lowest BCUT2D eigenvalue weighted by atomic mass is 10.2. The molecule has 9 heteroatoms. The number of hydrogen-bond donors (Lipinski definition) is 3. The van der Waals surface area contributed by atoms with Crippen LogP contribution in [0.15, 0.2) is 42.6 Å². The van der Waals surface area contributed by atoms with Crippen LogP contribution >= 0.6 is 0 Å². The fourth-order valence-corrected chi connectivity index (χ4v) is 2.32. The maximum Gasteiger partial charge on any atom is 0.252 e. The number of carbonyl (C=O) groups is 2. The van der Waals surface area contributed by atoms with Gasteiger partial charge in [0.05, 0.1) is 16.8 Å². The van der Waals surface area contributed by atoms with Crippen LogP contribution < -0.4 is 16.2 Å². The summed E-state index contributed by atoms with van der Waals surface area (Å²) in [5.41, 5.74) is 11.5. The molecule has 3 rings (SSSR count). The molecule has 3 aromatic rings. The molecule has 0 aliphatic rings. The highest BCUT2D eigenvalue weighted by molar-refractivity contribution is 6.01. The van der Waals surface area contributed by atoms with Crippen LogP contribution in [-0.4, -0.2) is 33.6 Å². The fraction of sp³-hybridized carbons (Fsp3) is 0.250. The van der Waals surface area contributed by atoms with Crippen LogP contribution in [0, 0.1) is 12.7 Å². The molecule has 0 unspecified atom stereocenters. The van der Waals surface area contributed by atoms with E-state index in [4.69, 9.17) is 20.4 Å². The molecular formula is C20H25FN4O4. The summed E-state index contributed by atoms with van der Waals surface area (Å²) >= 11 is 0. The van der Waals surface area contributed by atoms with Crippen LogP contribution in [0.2, 0.25) is 0 Å². The number of primary amides is 2. The molecule has 0 fully saturated rings. The first-order valence-corrected chi connectivity index (χ1v) is 8.80. The number of amides is 2. The van der Waals surface area contributed by atoms with Gasteiger partial charge in [-0.2, -0.15) is 5.10 Å². The number of hydrogen-bond acceptors (Lipinski definition) is 5. The molecule has 2 aromatic heterocycles. The SMILES string of the molecule is CCCO.Cc1nn2ccc(OCc3ccccc3F)cc2c1C(N)=O.NC=O. The van der Waals surface area contributed by atoms with E-state index >= 15 is 0 Å². The van der Waals surface area contributed by atoms with Gasteiger partial charge >= 0.3 is 0 Å². The normalized spacial score (nSPS) is 9.66. The molecule has 0 radical (unpaired) electrons. The average Bonchev–Trinajstić information content (AvgIpc) is 3.03. The van der Waals surface area contributed by atoms with Crippen molar-refractivity contribution < 1.29 is 23.8 Å². The summed E-state index contributed by atoms with van der Waals surface area (Å²) in [5, 5.41) is 12.1. The van der Waals surface area contributed by atoms with Crippen molar-refractivity contribution in [3.05, 3.63) is 65.2 Å². The van der Waals surface area contributed by atoms with Crippen molar-refractivity contribution >= 4 is 17.8 Å². The minimum atomic E-state index is -0.543. The van der Waals surface area contributed by atoms with Gasteiger partial charge in [0.2, 0.25) is 6.41 Å². The third kappa shape index (κ3) is 6.89. The summed E-state index contributed by atoms with van der Waals surface area (Å²) < 4.78 is 20.7. The molecule has 2 amide bonds. The van der Waals surface area contributed by atoms with Gasteiger partial charge in [0.15, 0.2) is 0 Å². The van der Waals surface area contributed by atoms with Crippen LogP contribution in [0.4, 0.5) is 4.39 Å². The topological polar surface area (TPSA) is 133 Å². The summed E-state index contributed by atoms with van der Waals surface area (Å²) in [6.07, 6.45) is 2.80. The number of aryl methyl sites for hydroxylation is 1. The van der Waals surface area contributed by atoms with Crippen LogP contribution in [0.3, 0.4) is 0 Å². The molecule has 0 aliphatic heterocycles. The molecule has 8 nitrogen and oxygen atoms in total. The first-order valence-electron chi connectivity index (χ1n) is 8.80. The van der Waals surface area contributed by atoms with Gasteiger partial charge in [-0.25, -0.2) is 8.91 Å². The Bertz CT molecular complexity index is 941. The number of aliphatic hydroxyl groups excluding tert-OH is 1. The van der Waals surface area contributed by atoms with Gasteiger partial charge in [0.25, 0.3) is 5.91 Å². The Morgan fingerprint density at radius 3 is 2.52 bits per heavy atom. The highest BCUT2D eigenvalue weighted by Crippen LogP contribution is 2.21. The number of aliphatic hydroxyl groups is 1. The van der Waals surface area contributed by atoms with Crippen LogP contribution in [0.25, 0.3) is 5.52 Å². The predicted octanol–water partition coefficient (Wildman–Crippen LogP) is 1.95. The highest BCUT2D eigenvalue weighted by Gasteiger charge is 2.15. The number of rotatable bonds is 5. The summed E-state index contributed by atoms with van der Waals surface area (Å²) in [4.78, 5) is 20.1. The lowest BCUT2D eigenvalue weighted by molar-refractivity contribution is -0.106. The van der Waals surface area contributed by atoms with E-state index in [0.717, 1.165) is 6.42 Å². The smallest absolute Gasteiger partial charge is 0.252 e. The third-order valence-electron chi connectivity index (χ3n) is 3.60. The van der Waals surface area contributed by atoms with Gasteiger partial charge in [0.1, 0.15) is 18.2 Å². The molecular weight excluding hydrogens is 379 g/mol. The Kier molecular flexibility index (Phi) is 9.83. The van der Waals surface area contributed by atoms with Gasteiger partial charge in [-0.1, -0.05) is 25.1 Å². The van der Waals surface area contributed by atoms with E-state index in [-0.39, 0.29) is 18.8 Å². The number of nitrogens with two attached hydrogens (primary N) is 2. The van der Waals surface area contributed by atoms with Crippen LogP contribution in [-0.2, 0) is 11.4 Å². The molecule has 156 valence electrons. The second-order valence-electron chi connectivity index (χ2n) is 5.76. The molecule has 0 aliphatic carbocycles. The van der Waals surface area contributed by atoms with E-state index in [2.05, 4.69) is 10.8 Å². The Morgan fingerprint density at radius 2 is 1.97 bits per heavy atom. The van der Waals surface area contributed by atoms with Crippen molar-refractivity contribution in [3.63, 3.8) is 0 Å². The maximum absolute atomic E-state index is 13.6. The molecule has 0 saturated heterocycles. The lowest BCUT2D eigenvalue weighted by Crippen LogP contribution is -2.11. The Hall–Kier alpha value is -3.46. The second kappa shape index (κ2) is 12.1. The Morgan fingerprint density at radius 1 is 1.34 bits per heavy atom. The van der Waals surface area contributed by atoms with Crippen molar-refractivity contribution in [2.45, 2.75) is 26.9 Å². The first kappa shape index (κ1) is 23.6. The average molecular weight is 404 g/mol. The fourth-order valence-electron chi connectivity index (χ4n) is 2.32. The number of carbonyl (C=O) groups excluding carboxylic acids is 2. The minimum Gasteiger partial charge on any atom is -0.489 e. The second-order valence-corrected chi connectivity index (χ2v) is 5.76. The summed E-state index contributed by atoms with van der Waals surface area (Å²) in [6, 6.07) is 9.78. The van der Waals surface area contributed by atoms with Crippen molar-refractivity contribution in [2.24, 2.45) is 11.5 Å². The van der Waals surface area contributed by atoms with E-state index in [9.17, 15) is 9.18 Å². The molecule has 0 spiro atoms. The van der Waals surface area contributed by atoms with E-state index in [1.807, 2.05) is 6.92 Å². The van der Waals surface area contributed by atoms with E-state index in [1.54, 1.807) is 48.0 Å². The molecule has 0 saturated carbocycles. The van der Waals surface area contributed by atoms with Gasteiger partial charge in [-0.05, 0) is 25.5 Å². The highest BCUT2D eigenvalue weighted by atomic mass is 19.1. The molecule has 29 heavy (non-hydrogen) atoms. The van der Waals surface area contributed by atoms with E-state index in [1.165, 1.54) is 6.07 Å². The van der Waals surface area contributed by atoms with Crippen molar-refractivity contribution in [1.82, 2.24) is 9.61 Å². The van der Waals surface area contributed by atoms with Crippen molar-refractivity contribution in [2.75, 3.05) is 6.61 Å². The summed E-state index contributed by atoms with van der Waals surface area (Å²) in [7, 11) is 0. The molecule has 0 atom stereocenters. The van der Waals surface area contributed by atoms with E-state index < -0.39 is 5.91 Å². The summed E-state index contributed by atoms with van der Waals surface area (Å²) in [5.74, 6) is -0.349.